The standard InChI is InChI=1S/C16H13FN2/c17-16-9-8-15(11-14(16)12-18)19-10-4-7-13-5-2-1-3-6-13/h1-9,11,19H,10H2. The van der Waals surface area contributed by atoms with E-state index in [2.05, 4.69) is 5.32 Å². The van der Waals surface area contributed by atoms with Gasteiger partial charge in [0.1, 0.15) is 11.9 Å². The number of benzene rings is 2. The molecule has 2 rings (SSSR count). The monoisotopic (exact) mass is 252 g/mol. The Hall–Kier alpha value is -2.60. The molecule has 0 aromatic heterocycles. The van der Waals surface area contributed by atoms with E-state index in [9.17, 15) is 4.39 Å². The average Bonchev–Trinajstić information content (AvgIpc) is 2.46. The predicted molar refractivity (Wildman–Crippen MR) is 75.1 cm³/mol. The fourth-order valence-electron chi connectivity index (χ4n) is 1.66. The second kappa shape index (κ2) is 6.36. The van der Waals surface area contributed by atoms with Gasteiger partial charge in [0.15, 0.2) is 0 Å². The van der Waals surface area contributed by atoms with Gasteiger partial charge in [0.25, 0.3) is 0 Å². The van der Waals surface area contributed by atoms with E-state index in [4.69, 9.17) is 5.26 Å². The zero-order valence-corrected chi connectivity index (χ0v) is 10.3. The molecule has 2 nitrogen and oxygen atoms in total. The highest BCUT2D eigenvalue weighted by Gasteiger charge is 2.01. The number of hydrogen-bond acceptors (Lipinski definition) is 2. The molecule has 0 aliphatic carbocycles. The lowest BCUT2D eigenvalue weighted by Crippen LogP contribution is -1.99. The Morgan fingerprint density at radius 2 is 1.95 bits per heavy atom. The molecule has 0 radical (unpaired) electrons. The maximum Gasteiger partial charge on any atom is 0.141 e. The molecule has 2 aromatic rings. The van der Waals surface area contributed by atoms with Crippen LogP contribution in [0.3, 0.4) is 0 Å². The first-order valence-corrected chi connectivity index (χ1v) is 5.95. The average molecular weight is 252 g/mol. The lowest BCUT2D eigenvalue weighted by Gasteiger charge is -2.03. The van der Waals surface area contributed by atoms with Crippen molar-refractivity contribution >= 4 is 11.8 Å². The van der Waals surface area contributed by atoms with Crippen molar-refractivity contribution in [1.82, 2.24) is 0 Å². The third kappa shape index (κ3) is 3.68. The molecule has 1 N–H and O–H groups in total. The van der Waals surface area contributed by atoms with Crippen molar-refractivity contribution in [2.75, 3.05) is 11.9 Å². The first kappa shape index (κ1) is 12.8. The summed E-state index contributed by atoms with van der Waals surface area (Å²) in [5.74, 6) is -0.493. The van der Waals surface area contributed by atoms with Crippen LogP contribution in [0.15, 0.2) is 54.6 Å². The number of nitriles is 1. The van der Waals surface area contributed by atoms with E-state index in [-0.39, 0.29) is 5.56 Å². The van der Waals surface area contributed by atoms with Crippen LogP contribution in [0, 0.1) is 17.1 Å². The van der Waals surface area contributed by atoms with E-state index >= 15 is 0 Å². The quantitative estimate of drug-likeness (QED) is 0.897. The fraction of sp³-hybridized carbons (Fsp3) is 0.0625. The summed E-state index contributed by atoms with van der Waals surface area (Å²) in [6.07, 6.45) is 3.98. The summed E-state index contributed by atoms with van der Waals surface area (Å²) < 4.78 is 13.1. The third-order valence-corrected chi connectivity index (χ3v) is 2.62. The summed E-state index contributed by atoms with van der Waals surface area (Å²) in [5.41, 5.74) is 1.91. The molecule has 0 bridgehead atoms. The largest absolute Gasteiger partial charge is 0.382 e. The highest BCUT2D eigenvalue weighted by molar-refractivity contribution is 5.52. The van der Waals surface area contributed by atoms with Crippen molar-refractivity contribution in [2.24, 2.45) is 0 Å². The second-order valence-electron chi connectivity index (χ2n) is 4.00. The molecule has 3 heteroatoms. The van der Waals surface area contributed by atoms with Crippen LogP contribution in [0.4, 0.5) is 10.1 Å². The van der Waals surface area contributed by atoms with Gasteiger partial charge in [-0.3, -0.25) is 0 Å². The van der Waals surface area contributed by atoms with Crippen LogP contribution < -0.4 is 5.32 Å². The van der Waals surface area contributed by atoms with Crippen molar-refractivity contribution in [3.05, 3.63) is 71.6 Å². The minimum Gasteiger partial charge on any atom is -0.382 e. The molecule has 0 amide bonds. The SMILES string of the molecule is N#Cc1cc(NCC=Cc2ccccc2)ccc1F. The fourth-order valence-corrected chi connectivity index (χ4v) is 1.66. The van der Waals surface area contributed by atoms with Crippen LogP contribution in [0.25, 0.3) is 6.08 Å². The normalized spacial score (nSPS) is 10.3. The van der Waals surface area contributed by atoms with Gasteiger partial charge >= 0.3 is 0 Å². The van der Waals surface area contributed by atoms with Gasteiger partial charge in [-0.1, -0.05) is 42.5 Å². The van der Waals surface area contributed by atoms with Crippen molar-refractivity contribution in [3.63, 3.8) is 0 Å². The Morgan fingerprint density at radius 3 is 2.68 bits per heavy atom. The third-order valence-electron chi connectivity index (χ3n) is 2.62. The van der Waals surface area contributed by atoms with E-state index in [1.54, 1.807) is 6.07 Å². The van der Waals surface area contributed by atoms with E-state index in [0.29, 0.717) is 6.54 Å². The lowest BCUT2D eigenvalue weighted by atomic mass is 10.2. The summed E-state index contributed by atoms with van der Waals surface area (Å²) in [6.45, 7) is 0.616. The molecule has 94 valence electrons. The molecule has 2 aromatic carbocycles. The van der Waals surface area contributed by atoms with Crippen LogP contribution in [-0.2, 0) is 0 Å². The zero-order chi connectivity index (χ0) is 13.5. The van der Waals surface area contributed by atoms with Crippen molar-refractivity contribution < 1.29 is 4.39 Å². The van der Waals surface area contributed by atoms with Crippen molar-refractivity contribution in [2.45, 2.75) is 0 Å². The summed E-state index contributed by atoms with van der Waals surface area (Å²) in [4.78, 5) is 0. The molecule has 0 aliphatic heterocycles. The molecule has 0 fully saturated rings. The number of anilines is 1. The van der Waals surface area contributed by atoms with Gasteiger partial charge < -0.3 is 5.32 Å². The summed E-state index contributed by atoms with van der Waals surface area (Å²) >= 11 is 0. The van der Waals surface area contributed by atoms with Crippen molar-refractivity contribution in [1.29, 1.82) is 5.26 Å². The summed E-state index contributed by atoms with van der Waals surface area (Å²) in [5, 5.41) is 11.8. The minimum atomic E-state index is -0.493. The predicted octanol–water partition coefficient (Wildman–Crippen LogP) is 3.82. The molecule has 0 saturated carbocycles. The van der Waals surface area contributed by atoms with Gasteiger partial charge in [-0.15, -0.1) is 0 Å². The Kier molecular flexibility index (Phi) is 4.30. The van der Waals surface area contributed by atoms with Crippen LogP contribution in [0.2, 0.25) is 0 Å². The molecular formula is C16H13FN2. The number of hydrogen-bond donors (Lipinski definition) is 1. The topological polar surface area (TPSA) is 35.8 Å². The molecule has 19 heavy (non-hydrogen) atoms. The Bertz CT molecular complexity index is 612. The zero-order valence-electron chi connectivity index (χ0n) is 10.3. The van der Waals surface area contributed by atoms with E-state index in [0.717, 1.165) is 11.3 Å². The Morgan fingerprint density at radius 1 is 1.16 bits per heavy atom. The number of rotatable bonds is 4. The first-order chi connectivity index (χ1) is 9.29. The van der Waals surface area contributed by atoms with E-state index in [1.165, 1.54) is 12.1 Å². The summed E-state index contributed by atoms with van der Waals surface area (Å²) in [6, 6.07) is 16.2. The summed E-state index contributed by atoms with van der Waals surface area (Å²) in [7, 11) is 0. The highest BCUT2D eigenvalue weighted by atomic mass is 19.1. The smallest absolute Gasteiger partial charge is 0.141 e. The molecule has 0 atom stereocenters. The van der Waals surface area contributed by atoms with E-state index < -0.39 is 5.82 Å². The molecule has 0 saturated heterocycles. The molecule has 0 aliphatic rings. The molecule has 0 spiro atoms. The van der Waals surface area contributed by atoms with Crippen LogP contribution in [-0.4, -0.2) is 6.54 Å². The maximum atomic E-state index is 13.1. The van der Waals surface area contributed by atoms with Gasteiger partial charge in [0.2, 0.25) is 0 Å². The Labute approximate surface area is 111 Å². The number of nitrogens with one attached hydrogen (secondary N) is 1. The van der Waals surface area contributed by atoms with Gasteiger partial charge in [-0.25, -0.2) is 4.39 Å². The van der Waals surface area contributed by atoms with Gasteiger partial charge in [-0.05, 0) is 23.8 Å². The van der Waals surface area contributed by atoms with Gasteiger partial charge in [0, 0.05) is 12.2 Å². The maximum absolute atomic E-state index is 13.1. The Balaban J connectivity index is 1.93. The van der Waals surface area contributed by atoms with Crippen LogP contribution >= 0.6 is 0 Å². The lowest BCUT2D eigenvalue weighted by molar-refractivity contribution is 0.624. The molecule has 0 heterocycles. The number of nitrogens with zero attached hydrogens (tertiary/aromatic N) is 1. The van der Waals surface area contributed by atoms with Gasteiger partial charge in [-0.2, -0.15) is 5.26 Å². The highest BCUT2D eigenvalue weighted by Crippen LogP contribution is 2.13. The molecule has 0 unspecified atom stereocenters. The van der Waals surface area contributed by atoms with Crippen molar-refractivity contribution in [3.8, 4) is 6.07 Å². The van der Waals surface area contributed by atoms with Gasteiger partial charge in [0.05, 0.1) is 5.56 Å². The number of halogens is 1. The molecular weight excluding hydrogens is 239 g/mol. The van der Waals surface area contributed by atoms with Crippen LogP contribution in [0.1, 0.15) is 11.1 Å². The minimum absolute atomic E-state index is 0.0528. The second-order valence-corrected chi connectivity index (χ2v) is 4.00. The first-order valence-electron chi connectivity index (χ1n) is 5.95. The van der Waals surface area contributed by atoms with Crippen LogP contribution in [0.5, 0.6) is 0 Å². The van der Waals surface area contributed by atoms with E-state index in [1.807, 2.05) is 48.6 Å².